The van der Waals surface area contributed by atoms with Crippen LogP contribution in [0.4, 0.5) is 17.1 Å². The Hall–Kier alpha value is -4.72. The second-order valence-corrected chi connectivity index (χ2v) is 7.50. The summed E-state index contributed by atoms with van der Waals surface area (Å²) in [4.78, 5) is 24.2. The van der Waals surface area contributed by atoms with Gasteiger partial charge in [-0.05, 0) is 41.8 Å². The molecule has 0 aliphatic rings. The van der Waals surface area contributed by atoms with Gasteiger partial charge in [0.15, 0.2) is 0 Å². The van der Waals surface area contributed by atoms with Gasteiger partial charge in [-0.25, -0.2) is 0 Å². The van der Waals surface area contributed by atoms with Crippen molar-refractivity contribution in [2.75, 3.05) is 12.4 Å². The molecule has 0 saturated carbocycles. The Balaban J connectivity index is 1.73. The van der Waals surface area contributed by atoms with E-state index in [1.807, 2.05) is 36.4 Å². The number of nitrogens with one attached hydrogen (secondary N) is 1. The predicted molar refractivity (Wildman–Crippen MR) is 130 cm³/mol. The summed E-state index contributed by atoms with van der Waals surface area (Å²) >= 11 is 0. The van der Waals surface area contributed by atoms with Gasteiger partial charge >= 0.3 is 0 Å². The first-order valence-corrected chi connectivity index (χ1v) is 10.4. The smallest absolute Gasteiger partial charge is 0.248 e. The Morgan fingerprint density at radius 1 is 0.971 bits per heavy atom. The van der Waals surface area contributed by atoms with Crippen LogP contribution in [0, 0.1) is 0 Å². The molecule has 0 saturated heterocycles. The minimum Gasteiger partial charge on any atom is -0.505 e. The van der Waals surface area contributed by atoms with E-state index in [2.05, 4.69) is 15.5 Å². The molecule has 0 aromatic heterocycles. The molecule has 0 radical (unpaired) electrons. The lowest BCUT2D eigenvalue weighted by atomic mass is 10.0. The number of rotatable bonds is 7. The molecule has 0 aliphatic heterocycles. The number of para-hydroxylation sites is 1. The van der Waals surface area contributed by atoms with Crippen LogP contribution in [-0.2, 0) is 11.2 Å². The van der Waals surface area contributed by atoms with Gasteiger partial charge in [0.1, 0.15) is 22.9 Å². The minimum absolute atomic E-state index is 0.0609. The van der Waals surface area contributed by atoms with Crippen LogP contribution in [0.5, 0.6) is 11.5 Å². The Morgan fingerprint density at radius 3 is 2.44 bits per heavy atom. The lowest BCUT2D eigenvalue weighted by Gasteiger charge is -2.11. The lowest BCUT2D eigenvalue weighted by molar-refractivity contribution is -0.115. The van der Waals surface area contributed by atoms with E-state index in [-0.39, 0.29) is 35.0 Å². The van der Waals surface area contributed by atoms with E-state index in [1.165, 1.54) is 19.2 Å². The fourth-order valence-electron chi connectivity index (χ4n) is 3.54. The summed E-state index contributed by atoms with van der Waals surface area (Å²) in [5.41, 5.74) is 7.15. The van der Waals surface area contributed by atoms with Gasteiger partial charge in [0.25, 0.3) is 0 Å². The molecular formula is C26H22N4O4. The highest BCUT2D eigenvalue weighted by molar-refractivity contribution is 5.99. The summed E-state index contributed by atoms with van der Waals surface area (Å²) in [6.45, 7) is 0. The second-order valence-electron chi connectivity index (χ2n) is 7.50. The van der Waals surface area contributed by atoms with Crippen LogP contribution < -0.4 is 15.8 Å². The van der Waals surface area contributed by atoms with Crippen molar-refractivity contribution >= 4 is 39.6 Å². The monoisotopic (exact) mass is 454 g/mol. The number of benzene rings is 4. The number of hydrogen-bond donors (Lipinski definition) is 3. The van der Waals surface area contributed by atoms with Crippen LogP contribution >= 0.6 is 0 Å². The van der Waals surface area contributed by atoms with Crippen molar-refractivity contribution in [3.63, 3.8) is 0 Å². The van der Waals surface area contributed by atoms with Crippen LogP contribution in [0.25, 0.3) is 10.8 Å². The molecule has 2 amide bonds. The summed E-state index contributed by atoms with van der Waals surface area (Å²) in [5.74, 6) is -0.666. The third-order valence-electron chi connectivity index (χ3n) is 5.20. The van der Waals surface area contributed by atoms with Gasteiger partial charge in [0, 0.05) is 22.2 Å². The standard InChI is InChI=1S/C26H22N4O4/c1-34-22-12-11-17(26(27)33)14-21(22)29-30-24-20-10-6-5-7-16(20)13-18(25(24)32)15-23(31)28-19-8-3-2-4-9-19/h2-14,32H,15H2,1H3,(H2,27,33)(H,28,31). The molecule has 0 fully saturated rings. The number of amides is 2. The minimum atomic E-state index is -0.612. The molecule has 0 atom stereocenters. The maximum absolute atomic E-state index is 12.6. The summed E-state index contributed by atoms with van der Waals surface area (Å²) in [5, 5.41) is 23.8. The molecule has 0 aliphatic carbocycles. The first-order chi connectivity index (χ1) is 16.5. The molecule has 4 aromatic carbocycles. The zero-order valence-corrected chi connectivity index (χ0v) is 18.4. The van der Waals surface area contributed by atoms with Crippen LogP contribution in [0.15, 0.2) is 89.1 Å². The maximum atomic E-state index is 12.6. The average molecular weight is 454 g/mol. The molecule has 170 valence electrons. The van der Waals surface area contributed by atoms with Crippen LogP contribution in [0.3, 0.4) is 0 Å². The van der Waals surface area contributed by atoms with E-state index in [1.54, 1.807) is 30.3 Å². The molecule has 0 bridgehead atoms. The summed E-state index contributed by atoms with van der Waals surface area (Å²) in [6, 6.07) is 22.7. The van der Waals surface area contributed by atoms with Crippen molar-refractivity contribution in [2.24, 2.45) is 16.0 Å². The largest absolute Gasteiger partial charge is 0.505 e. The lowest BCUT2D eigenvalue weighted by Crippen LogP contribution is -2.14. The highest BCUT2D eigenvalue weighted by atomic mass is 16.5. The molecular weight excluding hydrogens is 432 g/mol. The number of azo groups is 1. The van der Waals surface area contributed by atoms with Gasteiger partial charge in [-0.3, -0.25) is 9.59 Å². The first-order valence-electron chi connectivity index (χ1n) is 10.4. The molecule has 4 N–H and O–H groups in total. The van der Waals surface area contributed by atoms with Gasteiger partial charge in [-0.2, -0.15) is 0 Å². The zero-order valence-electron chi connectivity index (χ0n) is 18.4. The zero-order chi connectivity index (χ0) is 24.1. The van der Waals surface area contributed by atoms with Crippen molar-refractivity contribution in [1.29, 1.82) is 0 Å². The Kier molecular flexibility index (Phi) is 6.49. The molecule has 4 aromatic rings. The summed E-state index contributed by atoms with van der Waals surface area (Å²) < 4.78 is 5.30. The topological polar surface area (TPSA) is 126 Å². The molecule has 0 heterocycles. The van der Waals surface area contributed by atoms with E-state index < -0.39 is 5.91 Å². The van der Waals surface area contributed by atoms with E-state index in [0.717, 1.165) is 5.39 Å². The summed E-state index contributed by atoms with van der Waals surface area (Å²) in [7, 11) is 1.47. The third kappa shape index (κ3) is 4.86. The number of methoxy groups -OCH3 is 1. The third-order valence-corrected chi connectivity index (χ3v) is 5.20. The van der Waals surface area contributed by atoms with E-state index in [9.17, 15) is 14.7 Å². The Bertz CT molecular complexity index is 1400. The molecule has 8 nitrogen and oxygen atoms in total. The number of fused-ring (bicyclic) bond motifs is 1. The Morgan fingerprint density at radius 2 is 1.71 bits per heavy atom. The van der Waals surface area contributed by atoms with Crippen LogP contribution in [0.2, 0.25) is 0 Å². The number of phenolic OH excluding ortho intramolecular Hbond substituents is 1. The number of ether oxygens (including phenoxy) is 1. The quantitative estimate of drug-likeness (QED) is 0.330. The van der Waals surface area contributed by atoms with Crippen molar-refractivity contribution in [2.45, 2.75) is 6.42 Å². The molecule has 0 spiro atoms. The van der Waals surface area contributed by atoms with Gasteiger partial charge in [0.2, 0.25) is 11.8 Å². The number of carbonyl (C=O) groups excluding carboxylic acids is 2. The van der Waals surface area contributed by atoms with Crippen molar-refractivity contribution in [3.05, 3.63) is 90.0 Å². The number of anilines is 1. The maximum Gasteiger partial charge on any atom is 0.248 e. The van der Waals surface area contributed by atoms with Gasteiger partial charge < -0.3 is 20.9 Å². The van der Waals surface area contributed by atoms with Crippen LogP contribution in [-0.4, -0.2) is 24.0 Å². The van der Waals surface area contributed by atoms with Gasteiger partial charge in [-0.15, -0.1) is 10.2 Å². The van der Waals surface area contributed by atoms with Gasteiger partial charge in [-0.1, -0.05) is 42.5 Å². The normalized spacial score (nSPS) is 11.0. The van der Waals surface area contributed by atoms with E-state index >= 15 is 0 Å². The van der Waals surface area contributed by atoms with E-state index in [0.29, 0.717) is 22.4 Å². The molecule has 4 rings (SSSR count). The molecule has 34 heavy (non-hydrogen) atoms. The number of phenols is 1. The molecule has 8 heteroatoms. The fourth-order valence-corrected chi connectivity index (χ4v) is 3.54. The first kappa shape index (κ1) is 22.5. The number of nitrogens with two attached hydrogens (primary N) is 1. The predicted octanol–water partition coefficient (Wildman–Crippen LogP) is 5.25. The van der Waals surface area contributed by atoms with Crippen molar-refractivity contribution in [1.82, 2.24) is 0 Å². The fraction of sp³-hybridized carbons (Fsp3) is 0.0769. The van der Waals surface area contributed by atoms with Crippen LogP contribution in [0.1, 0.15) is 15.9 Å². The number of aromatic hydroxyl groups is 1. The highest BCUT2D eigenvalue weighted by Crippen LogP contribution is 2.40. The van der Waals surface area contributed by atoms with Crippen molar-refractivity contribution in [3.8, 4) is 11.5 Å². The number of hydrogen-bond acceptors (Lipinski definition) is 6. The SMILES string of the molecule is COc1ccc(C(N)=O)cc1N=Nc1c(O)c(CC(=O)Nc2ccccc2)cc2ccccc12. The summed E-state index contributed by atoms with van der Waals surface area (Å²) in [6.07, 6.45) is -0.0609. The highest BCUT2D eigenvalue weighted by Gasteiger charge is 2.16. The van der Waals surface area contributed by atoms with Crippen molar-refractivity contribution < 1.29 is 19.4 Å². The van der Waals surface area contributed by atoms with E-state index in [4.69, 9.17) is 10.5 Å². The second kappa shape index (κ2) is 9.83. The molecule has 0 unspecified atom stereocenters. The number of primary amides is 1. The Labute approximate surface area is 195 Å². The number of nitrogens with zero attached hydrogens (tertiary/aromatic N) is 2. The number of carbonyl (C=O) groups is 2. The average Bonchev–Trinajstić information content (AvgIpc) is 2.84. The van der Waals surface area contributed by atoms with Gasteiger partial charge in [0.05, 0.1) is 13.5 Å².